The first-order valence-corrected chi connectivity index (χ1v) is 15.0. The summed E-state index contributed by atoms with van der Waals surface area (Å²) in [7, 11) is 0. The van der Waals surface area contributed by atoms with Crippen LogP contribution < -0.4 is 0 Å². The van der Waals surface area contributed by atoms with Crippen LogP contribution in [-0.4, -0.2) is 10.2 Å². The van der Waals surface area contributed by atoms with E-state index >= 15 is 0 Å². The molecule has 38 heavy (non-hydrogen) atoms. The Bertz CT molecular complexity index is 1140. The Morgan fingerprint density at radius 1 is 0.474 bits per heavy atom. The Kier molecular flexibility index (Phi) is 7.63. The van der Waals surface area contributed by atoms with Crippen molar-refractivity contribution in [3.8, 4) is 11.5 Å². The number of phenolic OH excluding ortho intramolecular Hbond substituents is 2. The summed E-state index contributed by atoms with van der Waals surface area (Å²) < 4.78 is 0. The van der Waals surface area contributed by atoms with Crippen LogP contribution in [0.3, 0.4) is 0 Å². The van der Waals surface area contributed by atoms with E-state index in [9.17, 15) is 10.2 Å². The Hall–Kier alpha value is -2.74. The largest absolute Gasteiger partial charge is 0.508 e. The van der Waals surface area contributed by atoms with E-state index in [1.54, 1.807) is 0 Å². The normalized spacial score (nSPS) is 18.0. The molecule has 2 saturated carbocycles. The zero-order chi connectivity index (χ0) is 26.9. The van der Waals surface area contributed by atoms with E-state index in [0.29, 0.717) is 23.3 Å². The molecule has 0 aromatic heterocycles. The summed E-state index contributed by atoms with van der Waals surface area (Å²) in [6, 6.07) is 21.7. The summed E-state index contributed by atoms with van der Waals surface area (Å²) in [6.45, 7) is 9.17. The summed E-state index contributed by atoms with van der Waals surface area (Å²) in [5.74, 6) is 1.86. The summed E-state index contributed by atoms with van der Waals surface area (Å²) >= 11 is 0. The van der Waals surface area contributed by atoms with Crippen LogP contribution in [0.5, 0.6) is 11.5 Å². The van der Waals surface area contributed by atoms with Crippen molar-refractivity contribution >= 4 is 0 Å². The van der Waals surface area contributed by atoms with E-state index in [1.165, 1.54) is 86.5 Å². The van der Waals surface area contributed by atoms with Gasteiger partial charge in [-0.2, -0.15) is 0 Å². The Labute approximate surface area is 230 Å². The van der Waals surface area contributed by atoms with Crippen molar-refractivity contribution in [2.24, 2.45) is 0 Å². The van der Waals surface area contributed by atoms with Crippen LogP contribution in [0.15, 0.2) is 60.7 Å². The number of benzene rings is 3. The van der Waals surface area contributed by atoms with Crippen molar-refractivity contribution in [2.45, 2.75) is 115 Å². The lowest BCUT2D eigenvalue weighted by Crippen LogP contribution is -2.22. The van der Waals surface area contributed by atoms with Crippen molar-refractivity contribution < 1.29 is 10.2 Å². The second-order valence-electron chi connectivity index (χ2n) is 13.0. The molecule has 2 heteroatoms. The van der Waals surface area contributed by atoms with Gasteiger partial charge in [-0.15, -0.1) is 0 Å². The van der Waals surface area contributed by atoms with Gasteiger partial charge in [-0.1, -0.05) is 115 Å². The SMILES string of the molecule is CC(C)(c1ccc(C(C)(C)c2ccc(O)c(C3CCCCC3)c2)cc1)c1ccc(O)c(C2CCCCC2)c1. The van der Waals surface area contributed by atoms with Gasteiger partial charge in [0.2, 0.25) is 0 Å². The second-order valence-corrected chi connectivity index (χ2v) is 13.0. The number of phenols is 2. The molecule has 0 atom stereocenters. The third-order valence-electron chi connectivity index (χ3n) is 9.92. The number of hydrogen-bond acceptors (Lipinski definition) is 2. The van der Waals surface area contributed by atoms with E-state index in [1.807, 2.05) is 12.1 Å². The molecule has 0 spiro atoms. The van der Waals surface area contributed by atoms with E-state index in [0.717, 1.165) is 11.1 Å². The number of aromatic hydroxyl groups is 2. The van der Waals surface area contributed by atoms with Gasteiger partial charge in [0, 0.05) is 10.8 Å². The van der Waals surface area contributed by atoms with Crippen molar-refractivity contribution in [1.82, 2.24) is 0 Å². The van der Waals surface area contributed by atoms with Crippen molar-refractivity contribution in [2.75, 3.05) is 0 Å². The summed E-state index contributed by atoms with van der Waals surface area (Å²) in [6.07, 6.45) is 12.4. The van der Waals surface area contributed by atoms with Crippen LogP contribution in [0, 0.1) is 0 Å². The van der Waals surface area contributed by atoms with E-state index < -0.39 is 0 Å². The minimum atomic E-state index is -0.160. The van der Waals surface area contributed by atoms with Crippen LogP contribution in [0.25, 0.3) is 0 Å². The lowest BCUT2D eigenvalue weighted by atomic mass is 9.73. The molecule has 2 aliphatic carbocycles. The van der Waals surface area contributed by atoms with Gasteiger partial charge < -0.3 is 10.2 Å². The standard InChI is InChI=1S/C36H46O2/c1-35(2,29-19-21-33(37)31(23-29)25-11-7-5-8-12-25)27-15-17-28(18-16-27)36(3,4)30-20-22-34(38)32(24-30)26-13-9-6-10-14-26/h15-26,37-38H,5-14H2,1-4H3. The first-order valence-electron chi connectivity index (χ1n) is 15.0. The molecule has 0 saturated heterocycles. The van der Waals surface area contributed by atoms with Gasteiger partial charge in [0.25, 0.3) is 0 Å². The predicted molar refractivity (Wildman–Crippen MR) is 159 cm³/mol. The molecule has 0 bridgehead atoms. The number of rotatable bonds is 6. The van der Waals surface area contributed by atoms with Gasteiger partial charge >= 0.3 is 0 Å². The molecule has 0 radical (unpaired) electrons. The maximum absolute atomic E-state index is 10.7. The fourth-order valence-electron chi connectivity index (χ4n) is 7.00. The molecule has 0 aliphatic heterocycles. The van der Waals surface area contributed by atoms with Crippen molar-refractivity contribution in [3.05, 3.63) is 94.0 Å². The Morgan fingerprint density at radius 3 is 1.13 bits per heavy atom. The maximum atomic E-state index is 10.7. The molecule has 202 valence electrons. The molecule has 2 aliphatic rings. The van der Waals surface area contributed by atoms with Gasteiger partial charge in [0.1, 0.15) is 11.5 Å². The first-order chi connectivity index (χ1) is 18.2. The number of hydrogen-bond donors (Lipinski definition) is 2. The lowest BCUT2D eigenvalue weighted by Gasteiger charge is -2.31. The maximum Gasteiger partial charge on any atom is 0.119 e. The first kappa shape index (κ1) is 26.9. The molecule has 3 aromatic carbocycles. The van der Waals surface area contributed by atoms with E-state index in [4.69, 9.17) is 0 Å². The van der Waals surface area contributed by atoms with Gasteiger partial charge in [0.05, 0.1) is 0 Å². The van der Waals surface area contributed by atoms with E-state index in [-0.39, 0.29) is 10.8 Å². The molecule has 2 fully saturated rings. The quantitative estimate of drug-likeness (QED) is 0.346. The zero-order valence-corrected chi connectivity index (χ0v) is 23.9. The molecular weight excluding hydrogens is 464 g/mol. The molecule has 2 nitrogen and oxygen atoms in total. The second kappa shape index (κ2) is 10.8. The smallest absolute Gasteiger partial charge is 0.119 e. The van der Waals surface area contributed by atoms with Crippen LogP contribution in [0.1, 0.15) is 137 Å². The predicted octanol–water partition coefficient (Wildman–Crippen LogP) is 9.84. The third kappa shape index (κ3) is 5.24. The highest BCUT2D eigenvalue weighted by atomic mass is 16.3. The Morgan fingerprint density at radius 2 is 0.789 bits per heavy atom. The summed E-state index contributed by atoms with van der Waals surface area (Å²) in [5.41, 5.74) is 7.04. The van der Waals surface area contributed by atoms with Crippen molar-refractivity contribution in [1.29, 1.82) is 0 Å². The minimum absolute atomic E-state index is 0.160. The van der Waals surface area contributed by atoms with Crippen LogP contribution in [-0.2, 0) is 10.8 Å². The lowest BCUT2D eigenvalue weighted by molar-refractivity contribution is 0.413. The Balaban J connectivity index is 1.41. The zero-order valence-electron chi connectivity index (χ0n) is 23.9. The van der Waals surface area contributed by atoms with Gasteiger partial charge in [-0.25, -0.2) is 0 Å². The highest BCUT2D eigenvalue weighted by Gasteiger charge is 2.29. The molecule has 5 rings (SSSR count). The van der Waals surface area contributed by atoms with Crippen LogP contribution in [0.2, 0.25) is 0 Å². The van der Waals surface area contributed by atoms with Gasteiger partial charge in [-0.3, -0.25) is 0 Å². The molecule has 0 amide bonds. The van der Waals surface area contributed by atoms with Crippen molar-refractivity contribution in [3.63, 3.8) is 0 Å². The minimum Gasteiger partial charge on any atom is -0.508 e. The average Bonchev–Trinajstić information content (AvgIpc) is 2.94. The van der Waals surface area contributed by atoms with Gasteiger partial charge in [-0.05, 0) is 83.0 Å². The molecular formula is C36H46O2. The molecule has 0 heterocycles. The molecule has 3 aromatic rings. The highest BCUT2D eigenvalue weighted by Crippen LogP contribution is 2.43. The summed E-state index contributed by atoms with van der Waals surface area (Å²) in [5, 5.41) is 21.3. The average molecular weight is 511 g/mol. The van der Waals surface area contributed by atoms with Crippen LogP contribution >= 0.6 is 0 Å². The van der Waals surface area contributed by atoms with E-state index in [2.05, 4.69) is 76.2 Å². The monoisotopic (exact) mass is 510 g/mol. The fourth-order valence-corrected chi connectivity index (χ4v) is 7.00. The topological polar surface area (TPSA) is 40.5 Å². The van der Waals surface area contributed by atoms with Gasteiger partial charge in [0.15, 0.2) is 0 Å². The fraction of sp³-hybridized carbons (Fsp3) is 0.500. The molecule has 2 N–H and O–H groups in total. The van der Waals surface area contributed by atoms with Crippen LogP contribution in [0.4, 0.5) is 0 Å². The molecule has 0 unspecified atom stereocenters. The summed E-state index contributed by atoms with van der Waals surface area (Å²) in [4.78, 5) is 0. The third-order valence-corrected chi connectivity index (χ3v) is 9.92. The highest BCUT2D eigenvalue weighted by molar-refractivity contribution is 5.49.